The number of hydrogen-bond acceptors (Lipinski definition) is 5. The Morgan fingerprint density at radius 2 is 2.13 bits per heavy atom. The Balaban J connectivity index is 1.39. The third-order valence-corrected chi connectivity index (χ3v) is 4.84. The molecule has 0 saturated heterocycles. The standard InChI is InChI=1S/C17H18N4OS/c1-2-5-13(6-3-1)17-16-12-22-14(11-21(16)20-19-17)9-18-10-15-7-4-8-23-15/h1-8,14,18H,9-12H2/t14-/m1/s1. The van der Waals surface area contributed by atoms with Gasteiger partial charge in [-0.25, -0.2) is 4.68 Å². The predicted octanol–water partition coefficient (Wildman–Crippen LogP) is 2.70. The maximum Gasteiger partial charge on any atom is 0.118 e. The zero-order chi connectivity index (χ0) is 15.5. The number of aromatic nitrogens is 3. The molecule has 0 bridgehead atoms. The molecule has 0 spiro atoms. The van der Waals surface area contributed by atoms with Crippen molar-refractivity contribution in [2.24, 2.45) is 0 Å². The molecule has 23 heavy (non-hydrogen) atoms. The average Bonchev–Trinajstić information content (AvgIpc) is 3.25. The van der Waals surface area contributed by atoms with E-state index in [9.17, 15) is 0 Å². The quantitative estimate of drug-likeness (QED) is 0.783. The summed E-state index contributed by atoms with van der Waals surface area (Å²) in [4.78, 5) is 1.34. The minimum absolute atomic E-state index is 0.132. The third kappa shape index (κ3) is 3.19. The van der Waals surface area contributed by atoms with E-state index in [4.69, 9.17) is 4.74 Å². The van der Waals surface area contributed by atoms with E-state index in [0.29, 0.717) is 6.61 Å². The Kier molecular flexibility index (Phi) is 4.19. The van der Waals surface area contributed by atoms with E-state index < -0.39 is 0 Å². The highest BCUT2D eigenvalue weighted by Gasteiger charge is 2.24. The van der Waals surface area contributed by atoms with Crippen molar-refractivity contribution >= 4 is 11.3 Å². The van der Waals surface area contributed by atoms with E-state index in [1.165, 1.54) is 4.88 Å². The lowest BCUT2D eigenvalue weighted by molar-refractivity contribution is 0.00128. The highest BCUT2D eigenvalue weighted by atomic mass is 32.1. The van der Waals surface area contributed by atoms with Gasteiger partial charge in [-0.15, -0.1) is 16.4 Å². The van der Waals surface area contributed by atoms with Gasteiger partial charge in [-0.2, -0.15) is 0 Å². The summed E-state index contributed by atoms with van der Waals surface area (Å²) in [7, 11) is 0. The van der Waals surface area contributed by atoms with Gasteiger partial charge in [-0.3, -0.25) is 0 Å². The summed E-state index contributed by atoms with van der Waals surface area (Å²) in [6, 6.07) is 14.4. The van der Waals surface area contributed by atoms with Crippen LogP contribution in [0.5, 0.6) is 0 Å². The smallest absolute Gasteiger partial charge is 0.118 e. The Labute approximate surface area is 138 Å². The molecule has 5 nitrogen and oxygen atoms in total. The first-order chi connectivity index (χ1) is 11.4. The van der Waals surface area contributed by atoms with Crippen molar-refractivity contribution in [3.63, 3.8) is 0 Å². The second kappa shape index (κ2) is 6.62. The van der Waals surface area contributed by atoms with E-state index in [1.54, 1.807) is 11.3 Å². The summed E-state index contributed by atoms with van der Waals surface area (Å²) in [5, 5.41) is 14.2. The van der Waals surface area contributed by atoms with Crippen LogP contribution in [0.15, 0.2) is 47.8 Å². The van der Waals surface area contributed by atoms with E-state index in [-0.39, 0.29) is 6.10 Å². The summed E-state index contributed by atoms with van der Waals surface area (Å²) >= 11 is 1.77. The maximum atomic E-state index is 5.98. The van der Waals surface area contributed by atoms with Crippen LogP contribution in [0.25, 0.3) is 11.3 Å². The van der Waals surface area contributed by atoms with Gasteiger partial charge in [0, 0.05) is 23.5 Å². The second-order valence-corrected chi connectivity index (χ2v) is 6.61. The fourth-order valence-electron chi connectivity index (χ4n) is 2.78. The van der Waals surface area contributed by atoms with Crippen molar-refractivity contribution in [2.75, 3.05) is 6.54 Å². The lowest BCUT2D eigenvalue weighted by Crippen LogP contribution is -2.36. The molecule has 0 saturated carbocycles. The van der Waals surface area contributed by atoms with E-state index in [1.807, 2.05) is 22.9 Å². The largest absolute Gasteiger partial charge is 0.369 e. The highest BCUT2D eigenvalue weighted by molar-refractivity contribution is 7.09. The molecule has 3 aromatic rings. The summed E-state index contributed by atoms with van der Waals surface area (Å²) in [6.07, 6.45) is 0.132. The van der Waals surface area contributed by atoms with Crippen molar-refractivity contribution in [3.05, 3.63) is 58.4 Å². The lowest BCUT2D eigenvalue weighted by Gasteiger charge is -2.24. The van der Waals surface area contributed by atoms with Crippen molar-refractivity contribution < 1.29 is 4.74 Å². The van der Waals surface area contributed by atoms with Crippen LogP contribution in [0.4, 0.5) is 0 Å². The number of nitrogens with one attached hydrogen (secondary N) is 1. The van der Waals surface area contributed by atoms with Crippen LogP contribution in [-0.4, -0.2) is 27.6 Å². The second-order valence-electron chi connectivity index (χ2n) is 5.58. The summed E-state index contributed by atoms with van der Waals surface area (Å²) in [5.41, 5.74) is 3.08. The van der Waals surface area contributed by atoms with Crippen LogP contribution in [0.2, 0.25) is 0 Å². The number of thiophene rings is 1. The Morgan fingerprint density at radius 3 is 2.96 bits per heavy atom. The number of nitrogens with zero attached hydrogens (tertiary/aromatic N) is 3. The van der Waals surface area contributed by atoms with E-state index >= 15 is 0 Å². The van der Waals surface area contributed by atoms with Gasteiger partial charge in [0.2, 0.25) is 0 Å². The first-order valence-corrected chi connectivity index (χ1v) is 8.60. The summed E-state index contributed by atoms with van der Waals surface area (Å²) in [6.45, 7) is 3.00. The molecule has 2 aromatic heterocycles. The van der Waals surface area contributed by atoms with Crippen molar-refractivity contribution in [1.82, 2.24) is 20.3 Å². The SMILES string of the molecule is c1ccc(-c2nnn3c2CO[C@H](CNCc2cccs2)C3)cc1. The maximum absolute atomic E-state index is 5.98. The molecule has 1 atom stereocenters. The molecular formula is C17H18N4OS. The molecular weight excluding hydrogens is 308 g/mol. The zero-order valence-electron chi connectivity index (χ0n) is 12.7. The van der Waals surface area contributed by atoms with Crippen LogP contribution in [0.1, 0.15) is 10.6 Å². The molecule has 0 aliphatic carbocycles. The summed E-state index contributed by atoms with van der Waals surface area (Å²) < 4.78 is 7.96. The fourth-order valence-corrected chi connectivity index (χ4v) is 3.45. The van der Waals surface area contributed by atoms with Gasteiger partial charge in [-0.05, 0) is 11.4 Å². The number of ether oxygens (including phenoxy) is 1. The van der Waals surface area contributed by atoms with Crippen LogP contribution in [-0.2, 0) is 24.4 Å². The molecule has 1 aliphatic heterocycles. The highest BCUT2D eigenvalue weighted by Crippen LogP contribution is 2.24. The van der Waals surface area contributed by atoms with Crippen molar-refractivity contribution in [2.45, 2.75) is 25.8 Å². The predicted molar refractivity (Wildman–Crippen MR) is 90.1 cm³/mol. The normalized spacial score (nSPS) is 17.1. The van der Waals surface area contributed by atoms with Gasteiger partial charge in [0.15, 0.2) is 0 Å². The third-order valence-electron chi connectivity index (χ3n) is 3.97. The first-order valence-electron chi connectivity index (χ1n) is 7.72. The Bertz CT molecular complexity index is 754. The van der Waals surface area contributed by atoms with Gasteiger partial charge >= 0.3 is 0 Å². The Hall–Kier alpha value is -2.02. The molecule has 3 heterocycles. The van der Waals surface area contributed by atoms with Crippen LogP contribution in [0.3, 0.4) is 0 Å². The van der Waals surface area contributed by atoms with Gasteiger partial charge in [-0.1, -0.05) is 41.6 Å². The number of benzene rings is 1. The molecule has 1 N–H and O–H groups in total. The topological polar surface area (TPSA) is 52.0 Å². The van der Waals surface area contributed by atoms with Gasteiger partial charge < -0.3 is 10.1 Å². The van der Waals surface area contributed by atoms with Crippen LogP contribution < -0.4 is 5.32 Å². The fraction of sp³-hybridized carbons (Fsp3) is 0.294. The molecule has 0 radical (unpaired) electrons. The Morgan fingerprint density at radius 1 is 1.22 bits per heavy atom. The van der Waals surface area contributed by atoms with Crippen LogP contribution >= 0.6 is 11.3 Å². The summed E-state index contributed by atoms with van der Waals surface area (Å²) in [5.74, 6) is 0. The minimum atomic E-state index is 0.132. The average molecular weight is 326 g/mol. The van der Waals surface area contributed by atoms with Crippen molar-refractivity contribution in [1.29, 1.82) is 0 Å². The van der Waals surface area contributed by atoms with Gasteiger partial charge in [0.1, 0.15) is 5.69 Å². The molecule has 0 amide bonds. The molecule has 0 fully saturated rings. The molecule has 1 aliphatic rings. The van der Waals surface area contributed by atoms with Crippen molar-refractivity contribution in [3.8, 4) is 11.3 Å². The number of rotatable bonds is 5. The van der Waals surface area contributed by atoms with Gasteiger partial charge in [0.05, 0.1) is 24.9 Å². The van der Waals surface area contributed by atoms with Crippen LogP contribution in [0, 0.1) is 0 Å². The van der Waals surface area contributed by atoms with Gasteiger partial charge in [0.25, 0.3) is 0 Å². The molecule has 118 valence electrons. The number of fused-ring (bicyclic) bond motifs is 1. The first kappa shape index (κ1) is 14.6. The monoisotopic (exact) mass is 326 g/mol. The zero-order valence-corrected chi connectivity index (χ0v) is 13.5. The molecule has 1 aromatic carbocycles. The van der Waals surface area contributed by atoms with E-state index in [0.717, 1.165) is 36.6 Å². The molecule has 0 unspecified atom stereocenters. The molecule has 4 rings (SSSR count). The minimum Gasteiger partial charge on any atom is -0.369 e. The molecule has 6 heteroatoms. The van der Waals surface area contributed by atoms with E-state index in [2.05, 4.69) is 45.3 Å². The lowest BCUT2D eigenvalue weighted by atomic mass is 10.1. The number of hydrogen-bond donors (Lipinski definition) is 1.